The third-order valence-electron chi connectivity index (χ3n) is 5.06. The summed E-state index contributed by atoms with van der Waals surface area (Å²) in [6, 6.07) is -0.848. The zero-order valence-electron chi connectivity index (χ0n) is 14.5. The number of nitrogens with two attached hydrogens (primary N) is 1. The van der Waals surface area contributed by atoms with Crippen LogP contribution < -0.4 is 11.1 Å². The number of hydrogen-bond acceptors (Lipinski definition) is 6. The molecule has 4 rings (SSSR count). The highest BCUT2D eigenvalue weighted by Gasteiger charge is 2.33. The molecule has 3 N–H and O–H groups in total. The Kier molecular flexibility index (Phi) is 4.66. The number of nitrogens with one attached hydrogen (secondary N) is 1. The van der Waals surface area contributed by atoms with E-state index in [1.54, 1.807) is 11.3 Å². The third kappa shape index (κ3) is 3.21. The molecule has 1 aliphatic carbocycles. The van der Waals surface area contributed by atoms with Crippen LogP contribution in [0, 0.1) is 6.92 Å². The summed E-state index contributed by atoms with van der Waals surface area (Å²) in [5.41, 5.74) is 7.17. The Hall–Kier alpha value is -2.00. The highest BCUT2D eigenvalue weighted by molar-refractivity contribution is 7.19. The number of aromatic nitrogens is 2. The van der Waals surface area contributed by atoms with Crippen LogP contribution in [-0.2, 0) is 4.79 Å². The fraction of sp³-hybridized carbons (Fsp3) is 0.529. The van der Waals surface area contributed by atoms with Crippen molar-refractivity contribution in [3.05, 3.63) is 16.1 Å². The number of amides is 3. The van der Waals surface area contributed by atoms with E-state index in [4.69, 9.17) is 10.7 Å². The minimum atomic E-state index is -0.529. The lowest BCUT2D eigenvalue weighted by Crippen LogP contribution is -2.45. The van der Waals surface area contributed by atoms with E-state index < -0.39 is 11.9 Å². The Morgan fingerprint density at radius 3 is 2.77 bits per heavy atom. The molecule has 0 unspecified atom stereocenters. The van der Waals surface area contributed by atoms with E-state index in [1.165, 1.54) is 40.5 Å². The zero-order chi connectivity index (χ0) is 18.3. The molecule has 2 aromatic heterocycles. The summed E-state index contributed by atoms with van der Waals surface area (Å²) in [5.74, 6) is 0.154. The lowest BCUT2D eigenvalue weighted by Gasteiger charge is -2.22. The maximum absolute atomic E-state index is 12.5. The van der Waals surface area contributed by atoms with Gasteiger partial charge in [0.05, 0.1) is 21.3 Å². The second-order valence-corrected chi connectivity index (χ2v) is 8.71. The van der Waals surface area contributed by atoms with Crippen LogP contribution in [0.4, 0.5) is 9.93 Å². The normalized spacial score (nSPS) is 20.2. The van der Waals surface area contributed by atoms with E-state index in [9.17, 15) is 9.59 Å². The van der Waals surface area contributed by atoms with E-state index in [0.29, 0.717) is 24.0 Å². The number of rotatable bonds is 4. The van der Waals surface area contributed by atoms with E-state index in [1.807, 2.05) is 6.92 Å². The van der Waals surface area contributed by atoms with Crippen molar-refractivity contribution < 1.29 is 9.59 Å². The number of carbonyl (C=O) groups excluding carboxylic acids is 2. The van der Waals surface area contributed by atoms with Gasteiger partial charge in [0.25, 0.3) is 0 Å². The van der Waals surface area contributed by atoms with Crippen molar-refractivity contribution >= 4 is 39.7 Å². The average molecular weight is 392 g/mol. The van der Waals surface area contributed by atoms with Crippen molar-refractivity contribution in [1.29, 1.82) is 0 Å². The molecule has 1 aliphatic heterocycles. The van der Waals surface area contributed by atoms with Crippen LogP contribution in [0.2, 0.25) is 0 Å². The number of carbonyl (C=O) groups is 2. The van der Waals surface area contributed by atoms with Crippen LogP contribution in [0.1, 0.15) is 48.7 Å². The first-order valence-corrected chi connectivity index (χ1v) is 10.5. The lowest BCUT2D eigenvalue weighted by molar-refractivity contribution is -0.121. The van der Waals surface area contributed by atoms with E-state index in [-0.39, 0.29) is 6.03 Å². The molecule has 7 nitrogen and oxygen atoms in total. The van der Waals surface area contributed by atoms with Crippen LogP contribution in [0.5, 0.6) is 0 Å². The van der Waals surface area contributed by atoms with Gasteiger partial charge in [0.2, 0.25) is 5.91 Å². The van der Waals surface area contributed by atoms with Gasteiger partial charge in [0.1, 0.15) is 6.04 Å². The number of thiazole rings is 2. The van der Waals surface area contributed by atoms with Gasteiger partial charge in [0.15, 0.2) is 5.13 Å². The Morgan fingerprint density at radius 1 is 1.27 bits per heavy atom. The van der Waals surface area contributed by atoms with E-state index >= 15 is 0 Å². The fourth-order valence-electron chi connectivity index (χ4n) is 3.39. The highest BCUT2D eigenvalue weighted by atomic mass is 32.1. The predicted molar refractivity (Wildman–Crippen MR) is 102 cm³/mol. The summed E-state index contributed by atoms with van der Waals surface area (Å²) in [6.45, 7) is 2.46. The number of hydrogen-bond donors (Lipinski definition) is 2. The molecule has 138 valence electrons. The van der Waals surface area contributed by atoms with Gasteiger partial charge in [-0.05, 0) is 32.6 Å². The summed E-state index contributed by atoms with van der Waals surface area (Å²) >= 11 is 3.12. The topological polar surface area (TPSA) is 101 Å². The lowest BCUT2D eigenvalue weighted by atomic mass is 9.86. The van der Waals surface area contributed by atoms with Gasteiger partial charge >= 0.3 is 6.03 Å². The molecule has 1 atom stereocenters. The molecule has 2 aliphatic rings. The maximum atomic E-state index is 12.5. The van der Waals surface area contributed by atoms with Crippen molar-refractivity contribution in [2.75, 3.05) is 11.9 Å². The quantitative estimate of drug-likeness (QED) is 0.835. The van der Waals surface area contributed by atoms with Gasteiger partial charge in [0, 0.05) is 17.8 Å². The fourth-order valence-corrected chi connectivity index (χ4v) is 5.36. The van der Waals surface area contributed by atoms with Crippen LogP contribution in [0.15, 0.2) is 5.38 Å². The van der Waals surface area contributed by atoms with Crippen molar-refractivity contribution in [2.24, 2.45) is 5.73 Å². The van der Waals surface area contributed by atoms with Gasteiger partial charge in [-0.2, -0.15) is 0 Å². The number of aryl methyl sites for hydroxylation is 1. The first-order valence-electron chi connectivity index (χ1n) is 8.83. The molecule has 0 radical (unpaired) electrons. The Bertz CT molecular complexity index is 842. The standard InChI is InChI=1S/C17H21N5O2S2/c1-9-13(11-8-25-15(20-11)10-4-2-5-10)26-16(19-9)21-17(24)22-7-3-6-12(22)14(18)23/h8,10,12H,2-7H2,1H3,(H2,18,23)(H,19,21,24)/t12-/m0/s1. The molecule has 9 heteroatoms. The van der Waals surface area contributed by atoms with Gasteiger partial charge in [-0.25, -0.2) is 14.8 Å². The second-order valence-electron chi connectivity index (χ2n) is 6.82. The number of likely N-dealkylation sites (tertiary alicyclic amines) is 1. The molecule has 0 spiro atoms. The molecule has 1 saturated heterocycles. The largest absolute Gasteiger partial charge is 0.368 e. The van der Waals surface area contributed by atoms with Gasteiger partial charge in [-0.3, -0.25) is 10.1 Å². The SMILES string of the molecule is Cc1nc(NC(=O)N2CCC[C@H]2C(N)=O)sc1-c1csc(C2CCC2)n1. The van der Waals surface area contributed by atoms with Gasteiger partial charge < -0.3 is 10.6 Å². The van der Waals surface area contributed by atoms with E-state index in [0.717, 1.165) is 22.7 Å². The molecule has 1 saturated carbocycles. The number of anilines is 1. The number of primary amides is 1. The average Bonchev–Trinajstić information content (AvgIpc) is 3.24. The van der Waals surface area contributed by atoms with Crippen molar-refractivity contribution in [2.45, 2.75) is 51.0 Å². The number of nitrogens with zero attached hydrogens (tertiary/aromatic N) is 3. The van der Waals surface area contributed by atoms with Crippen molar-refractivity contribution in [3.63, 3.8) is 0 Å². The van der Waals surface area contributed by atoms with Crippen LogP contribution in [0.3, 0.4) is 0 Å². The van der Waals surface area contributed by atoms with Crippen LogP contribution >= 0.6 is 22.7 Å². The van der Waals surface area contributed by atoms with E-state index in [2.05, 4.69) is 15.7 Å². The van der Waals surface area contributed by atoms with Crippen molar-refractivity contribution in [1.82, 2.24) is 14.9 Å². The molecule has 2 fully saturated rings. The van der Waals surface area contributed by atoms with Crippen LogP contribution in [0.25, 0.3) is 10.6 Å². The monoisotopic (exact) mass is 391 g/mol. The van der Waals surface area contributed by atoms with Gasteiger partial charge in [-0.1, -0.05) is 17.8 Å². The van der Waals surface area contributed by atoms with Gasteiger partial charge in [-0.15, -0.1) is 11.3 Å². The molecule has 2 aromatic rings. The molecule has 26 heavy (non-hydrogen) atoms. The molecular formula is C17H21N5O2S2. The molecule has 0 bridgehead atoms. The number of urea groups is 1. The zero-order valence-corrected chi connectivity index (χ0v) is 16.2. The molecule has 3 amide bonds. The molecule has 0 aromatic carbocycles. The summed E-state index contributed by atoms with van der Waals surface area (Å²) in [7, 11) is 0. The first kappa shape index (κ1) is 17.4. The minimum absolute atomic E-state index is 0.319. The maximum Gasteiger partial charge on any atom is 0.324 e. The molecular weight excluding hydrogens is 370 g/mol. The summed E-state index contributed by atoms with van der Waals surface area (Å²) in [5, 5.41) is 6.61. The minimum Gasteiger partial charge on any atom is -0.368 e. The summed E-state index contributed by atoms with van der Waals surface area (Å²) in [6.07, 6.45) is 5.15. The third-order valence-corrected chi connectivity index (χ3v) is 7.16. The second kappa shape index (κ2) is 6.96. The molecule has 3 heterocycles. The summed E-state index contributed by atoms with van der Waals surface area (Å²) in [4.78, 5) is 35.7. The smallest absolute Gasteiger partial charge is 0.324 e. The first-order chi connectivity index (χ1) is 12.5. The Morgan fingerprint density at radius 2 is 2.08 bits per heavy atom. The van der Waals surface area contributed by atoms with Crippen LogP contribution in [-0.4, -0.2) is 39.4 Å². The predicted octanol–water partition coefficient (Wildman–Crippen LogP) is 3.32. The Balaban J connectivity index is 1.48. The Labute approximate surface area is 159 Å². The van der Waals surface area contributed by atoms with Crippen molar-refractivity contribution in [3.8, 4) is 10.6 Å². The summed E-state index contributed by atoms with van der Waals surface area (Å²) < 4.78 is 0. The highest BCUT2D eigenvalue weighted by Crippen LogP contribution is 2.40.